The average molecular weight is 450 g/mol. The van der Waals surface area contributed by atoms with Crippen LogP contribution in [0.1, 0.15) is 43.9 Å². The molecular formula is C26H31N3O4. The van der Waals surface area contributed by atoms with Gasteiger partial charge < -0.3 is 9.64 Å². The van der Waals surface area contributed by atoms with E-state index in [1.807, 2.05) is 33.8 Å². The van der Waals surface area contributed by atoms with Crippen LogP contribution < -0.4 is 5.56 Å². The van der Waals surface area contributed by atoms with Gasteiger partial charge in [-0.2, -0.15) is 0 Å². The van der Waals surface area contributed by atoms with Gasteiger partial charge in [-0.15, -0.1) is 0 Å². The molecule has 33 heavy (non-hydrogen) atoms. The van der Waals surface area contributed by atoms with Gasteiger partial charge in [0, 0.05) is 13.1 Å². The molecule has 0 atom stereocenters. The fourth-order valence-corrected chi connectivity index (χ4v) is 3.76. The number of esters is 1. The number of ether oxygens (including phenoxy) is 1. The summed E-state index contributed by atoms with van der Waals surface area (Å²) in [5.41, 5.74) is 1.38. The summed E-state index contributed by atoms with van der Waals surface area (Å²) in [5, 5.41) is 0.525. The average Bonchev–Trinajstić information content (AvgIpc) is 2.76. The van der Waals surface area contributed by atoms with E-state index in [4.69, 9.17) is 4.74 Å². The van der Waals surface area contributed by atoms with Crippen LogP contribution in [0.5, 0.6) is 0 Å². The molecule has 0 aliphatic heterocycles. The zero-order chi connectivity index (χ0) is 24.1. The lowest BCUT2D eigenvalue weighted by Gasteiger charge is -2.26. The van der Waals surface area contributed by atoms with E-state index >= 15 is 0 Å². The monoisotopic (exact) mass is 449 g/mol. The Labute approximate surface area is 194 Å². The summed E-state index contributed by atoms with van der Waals surface area (Å²) in [6, 6.07) is 13.7. The Hall–Kier alpha value is -3.48. The van der Waals surface area contributed by atoms with Crippen molar-refractivity contribution in [1.82, 2.24) is 14.5 Å². The first-order valence-electron chi connectivity index (χ1n) is 11.2. The van der Waals surface area contributed by atoms with Gasteiger partial charge in [-0.1, -0.05) is 39.8 Å². The maximum absolute atomic E-state index is 13.0. The lowest BCUT2D eigenvalue weighted by molar-refractivity contribution is -0.135. The van der Waals surface area contributed by atoms with Gasteiger partial charge >= 0.3 is 5.97 Å². The van der Waals surface area contributed by atoms with E-state index in [0.29, 0.717) is 52.9 Å². The van der Waals surface area contributed by atoms with Crippen molar-refractivity contribution in [1.29, 1.82) is 0 Å². The van der Waals surface area contributed by atoms with Gasteiger partial charge in [0.1, 0.15) is 5.82 Å². The maximum atomic E-state index is 13.0. The molecule has 0 fully saturated rings. The minimum Gasteiger partial charge on any atom is -0.452 e. The third-order valence-corrected chi connectivity index (χ3v) is 5.16. The normalized spacial score (nSPS) is 11.2. The standard InChI is InChI=1S/C26H31N3O4/c1-17(2)14-28(15-18(3)4)24(30)16-33-26(32)20-10-12-21(13-11-20)29-19(5)27-23-9-7-6-8-22(23)25(29)31/h6-13,17-18H,14-16H2,1-5H3. The number of amides is 1. The minimum absolute atomic E-state index is 0.172. The van der Waals surface area contributed by atoms with Crippen molar-refractivity contribution in [2.75, 3.05) is 19.7 Å². The summed E-state index contributed by atoms with van der Waals surface area (Å²) < 4.78 is 6.78. The molecule has 3 rings (SSSR count). The Morgan fingerprint density at radius 2 is 1.58 bits per heavy atom. The summed E-state index contributed by atoms with van der Waals surface area (Å²) in [5.74, 6) is 0.422. The number of carbonyl (C=O) groups is 2. The van der Waals surface area contributed by atoms with E-state index in [-0.39, 0.29) is 18.1 Å². The van der Waals surface area contributed by atoms with Crippen molar-refractivity contribution in [2.24, 2.45) is 11.8 Å². The highest BCUT2D eigenvalue weighted by Crippen LogP contribution is 2.14. The van der Waals surface area contributed by atoms with Crippen molar-refractivity contribution in [3.63, 3.8) is 0 Å². The van der Waals surface area contributed by atoms with Gasteiger partial charge in [0.25, 0.3) is 11.5 Å². The molecule has 1 aromatic heterocycles. The first kappa shape index (κ1) is 24.2. The van der Waals surface area contributed by atoms with Crippen molar-refractivity contribution in [3.05, 3.63) is 70.3 Å². The number of hydrogen-bond donors (Lipinski definition) is 0. The van der Waals surface area contributed by atoms with E-state index < -0.39 is 5.97 Å². The summed E-state index contributed by atoms with van der Waals surface area (Å²) in [4.78, 5) is 44.3. The number of fused-ring (bicyclic) bond motifs is 1. The highest BCUT2D eigenvalue weighted by Gasteiger charge is 2.19. The summed E-state index contributed by atoms with van der Waals surface area (Å²) in [7, 11) is 0. The molecular weight excluding hydrogens is 418 g/mol. The quantitative estimate of drug-likeness (QED) is 0.486. The fourth-order valence-electron chi connectivity index (χ4n) is 3.76. The molecule has 1 heterocycles. The summed E-state index contributed by atoms with van der Waals surface area (Å²) in [6.45, 7) is 10.9. The Kier molecular flexibility index (Phi) is 7.63. The number of rotatable bonds is 8. The number of carbonyl (C=O) groups excluding carboxylic acids is 2. The van der Waals surface area contributed by atoms with Gasteiger partial charge in [-0.05, 0) is 55.2 Å². The van der Waals surface area contributed by atoms with Gasteiger partial charge in [0.05, 0.1) is 22.2 Å². The van der Waals surface area contributed by atoms with Crippen LogP contribution in [0.25, 0.3) is 16.6 Å². The van der Waals surface area contributed by atoms with E-state index in [1.165, 1.54) is 4.57 Å². The predicted octanol–water partition coefficient (Wildman–Crippen LogP) is 3.99. The molecule has 174 valence electrons. The third-order valence-electron chi connectivity index (χ3n) is 5.16. The molecule has 0 unspecified atom stereocenters. The minimum atomic E-state index is -0.579. The molecule has 0 spiro atoms. The Morgan fingerprint density at radius 3 is 2.18 bits per heavy atom. The largest absolute Gasteiger partial charge is 0.452 e. The number of nitrogens with zero attached hydrogens (tertiary/aromatic N) is 3. The molecule has 0 radical (unpaired) electrons. The molecule has 1 amide bonds. The van der Waals surface area contributed by atoms with E-state index in [0.717, 1.165) is 0 Å². The van der Waals surface area contributed by atoms with Crippen LogP contribution in [0, 0.1) is 18.8 Å². The Morgan fingerprint density at radius 1 is 0.970 bits per heavy atom. The van der Waals surface area contributed by atoms with E-state index in [1.54, 1.807) is 54.3 Å². The highest BCUT2D eigenvalue weighted by atomic mass is 16.5. The summed E-state index contributed by atoms with van der Waals surface area (Å²) >= 11 is 0. The number of benzene rings is 2. The molecule has 0 bridgehead atoms. The second-order valence-corrected chi connectivity index (χ2v) is 9.03. The van der Waals surface area contributed by atoms with E-state index in [2.05, 4.69) is 4.98 Å². The SMILES string of the molecule is Cc1nc2ccccc2c(=O)n1-c1ccc(C(=O)OCC(=O)N(CC(C)C)CC(C)C)cc1. The molecule has 0 saturated carbocycles. The topological polar surface area (TPSA) is 81.5 Å². The molecule has 0 aliphatic carbocycles. The van der Waals surface area contributed by atoms with Crippen LogP contribution >= 0.6 is 0 Å². The number of aromatic nitrogens is 2. The Bertz CT molecular complexity index is 1190. The second kappa shape index (κ2) is 10.4. The van der Waals surface area contributed by atoms with Crippen molar-refractivity contribution in [2.45, 2.75) is 34.6 Å². The van der Waals surface area contributed by atoms with Crippen molar-refractivity contribution >= 4 is 22.8 Å². The zero-order valence-corrected chi connectivity index (χ0v) is 19.9. The van der Waals surface area contributed by atoms with Gasteiger partial charge in [-0.3, -0.25) is 14.2 Å². The van der Waals surface area contributed by atoms with Gasteiger partial charge in [-0.25, -0.2) is 9.78 Å². The first-order valence-corrected chi connectivity index (χ1v) is 11.2. The lowest BCUT2D eigenvalue weighted by atomic mass is 10.1. The van der Waals surface area contributed by atoms with Crippen molar-refractivity contribution in [3.8, 4) is 5.69 Å². The van der Waals surface area contributed by atoms with Crippen LogP contribution in [-0.4, -0.2) is 46.0 Å². The third kappa shape index (κ3) is 5.86. The van der Waals surface area contributed by atoms with Gasteiger partial charge in [0.2, 0.25) is 0 Å². The second-order valence-electron chi connectivity index (χ2n) is 9.03. The smallest absolute Gasteiger partial charge is 0.338 e. The Balaban J connectivity index is 1.73. The van der Waals surface area contributed by atoms with Crippen LogP contribution in [0.15, 0.2) is 53.3 Å². The number of hydrogen-bond acceptors (Lipinski definition) is 5. The highest BCUT2D eigenvalue weighted by molar-refractivity contribution is 5.91. The molecule has 0 aliphatic rings. The molecule has 7 heteroatoms. The van der Waals surface area contributed by atoms with Crippen LogP contribution in [0.3, 0.4) is 0 Å². The van der Waals surface area contributed by atoms with E-state index in [9.17, 15) is 14.4 Å². The van der Waals surface area contributed by atoms with Gasteiger partial charge in [0.15, 0.2) is 6.61 Å². The fraction of sp³-hybridized carbons (Fsp3) is 0.385. The molecule has 7 nitrogen and oxygen atoms in total. The lowest BCUT2D eigenvalue weighted by Crippen LogP contribution is -2.39. The molecule has 2 aromatic carbocycles. The van der Waals surface area contributed by atoms with Crippen LogP contribution in [0.2, 0.25) is 0 Å². The molecule has 0 saturated heterocycles. The molecule has 3 aromatic rings. The number of aryl methyl sites for hydroxylation is 1. The van der Waals surface area contributed by atoms with Crippen molar-refractivity contribution < 1.29 is 14.3 Å². The first-order chi connectivity index (χ1) is 15.7. The number of para-hydroxylation sites is 1. The predicted molar refractivity (Wildman–Crippen MR) is 129 cm³/mol. The zero-order valence-electron chi connectivity index (χ0n) is 19.9. The molecule has 0 N–H and O–H groups in total. The summed E-state index contributed by atoms with van der Waals surface area (Å²) in [6.07, 6.45) is 0. The maximum Gasteiger partial charge on any atom is 0.338 e. The van der Waals surface area contributed by atoms with Crippen LogP contribution in [-0.2, 0) is 9.53 Å². The van der Waals surface area contributed by atoms with Crippen LogP contribution in [0.4, 0.5) is 0 Å².